The van der Waals surface area contributed by atoms with Crippen molar-refractivity contribution in [3.8, 4) is 11.5 Å². The van der Waals surface area contributed by atoms with Crippen LogP contribution in [0.2, 0.25) is 0 Å². The van der Waals surface area contributed by atoms with Gasteiger partial charge < -0.3 is 24.7 Å². The highest BCUT2D eigenvalue weighted by molar-refractivity contribution is 6.05. The van der Waals surface area contributed by atoms with E-state index in [1.807, 2.05) is 12.1 Å². The van der Waals surface area contributed by atoms with Crippen molar-refractivity contribution in [3.05, 3.63) is 53.7 Å². The number of methoxy groups -OCH3 is 2. The summed E-state index contributed by atoms with van der Waals surface area (Å²) in [5.41, 5.74) is 3.64. The van der Waals surface area contributed by atoms with Gasteiger partial charge in [0.1, 0.15) is 11.5 Å². The van der Waals surface area contributed by atoms with E-state index in [9.17, 15) is 4.79 Å². The third-order valence-corrected chi connectivity index (χ3v) is 6.09. The van der Waals surface area contributed by atoms with Gasteiger partial charge in [-0.3, -0.25) is 4.79 Å². The lowest BCUT2D eigenvalue weighted by Gasteiger charge is -2.21. The van der Waals surface area contributed by atoms with Crippen molar-refractivity contribution in [2.75, 3.05) is 39.2 Å². The third kappa shape index (κ3) is 5.43. The van der Waals surface area contributed by atoms with Gasteiger partial charge in [0.2, 0.25) is 0 Å². The molecule has 1 amide bonds. The predicted molar refractivity (Wildman–Crippen MR) is 129 cm³/mol. The smallest absolute Gasteiger partial charge is 0.255 e. The molecule has 0 aliphatic heterocycles. The molecule has 1 aromatic heterocycles. The van der Waals surface area contributed by atoms with Crippen molar-refractivity contribution in [3.63, 3.8) is 0 Å². The number of ether oxygens (including phenoxy) is 2. The summed E-state index contributed by atoms with van der Waals surface area (Å²) in [5.74, 6) is 1.88. The van der Waals surface area contributed by atoms with Crippen LogP contribution < -0.4 is 14.8 Å². The summed E-state index contributed by atoms with van der Waals surface area (Å²) >= 11 is 0. The van der Waals surface area contributed by atoms with Crippen molar-refractivity contribution < 1.29 is 14.3 Å². The fourth-order valence-electron chi connectivity index (χ4n) is 4.16. The number of aromatic amines is 1. The number of fused-ring (bicyclic) bond motifs is 1. The summed E-state index contributed by atoms with van der Waals surface area (Å²) in [6.45, 7) is 5.70. The largest absolute Gasteiger partial charge is 0.497 e. The maximum atomic E-state index is 12.9. The third-order valence-electron chi connectivity index (χ3n) is 6.09. The minimum atomic E-state index is -0.197. The molecular formula is C26H33N3O3. The van der Waals surface area contributed by atoms with Gasteiger partial charge in [0, 0.05) is 47.5 Å². The molecule has 1 saturated carbocycles. The molecule has 6 heteroatoms. The highest BCUT2D eigenvalue weighted by atomic mass is 16.5. The van der Waals surface area contributed by atoms with E-state index in [4.69, 9.17) is 9.47 Å². The number of H-pyrrole nitrogens is 1. The predicted octanol–water partition coefficient (Wildman–Crippen LogP) is 5.10. The number of rotatable bonds is 11. The summed E-state index contributed by atoms with van der Waals surface area (Å²) in [6.07, 6.45) is 7.05. The number of nitrogens with zero attached hydrogens (tertiary/aromatic N) is 1. The molecule has 0 spiro atoms. The van der Waals surface area contributed by atoms with Crippen molar-refractivity contribution in [1.82, 2.24) is 9.88 Å². The number of nitrogens with one attached hydrogen (secondary N) is 2. The molecule has 32 heavy (non-hydrogen) atoms. The Morgan fingerprint density at radius 1 is 1.09 bits per heavy atom. The Labute approximate surface area is 189 Å². The van der Waals surface area contributed by atoms with E-state index < -0.39 is 0 Å². The Bertz CT molecular complexity index is 1050. The molecule has 1 fully saturated rings. The number of aromatic nitrogens is 1. The van der Waals surface area contributed by atoms with Gasteiger partial charge in [-0.15, -0.1) is 0 Å². The molecule has 0 saturated heterocycles. The quantitative estimate of drug-likeness (QED) is 0.440. The number of hydrogen-bond acceptors (Lipinski definition) is 4. The van der Waals surface area contributed by atoms with E-state index in [2.05, 4.69) is 34.4 Å². The molecule has 1 aliphatic carbocycles. The van der Waals surface area contributed by atoms with Crippen LogP contribution >= 0.6 is 0 Å². The van der Waals surface area contributed by atoms with E-state index in [1.54, 1.807) is 32.4 Å². The summed E-state index contributed by atoms with van der Waals surface area (Å²) in [7, 11) is 3.15. The molecule has 0 unspecified atom stereocenters. The van der Waals surface area contributed by atoms with Gasteiger partial charge in [-0.2, -0.15) is 0 Å². The lowest BCUT2D eigenvalue weighted by molar-refractivity contribution is 0.102. The highest BCUT2D eigenvalue weighted by Gasteiger charge is 2.24. The van der Waals surface area contributed by atoms with Gasteiger partial charge in [0.15, 0.2) is 0 Å². The first kappa shape index (κ1) is 22.2. The topological polar surface area (TPSA) is 66.6 Å². The second kappa shape index (κ2) is 10.1. The monoisotopic (exact) mass is 435 g/mol. The van der Waals surface area contributed by atoms with Crippen molar-refractivity contribution in [2.45, 2.75) is 32.6 Å². The van der Waals surface area contributed by atoms with Crippen LogP contribution in [-0.4, -0.2) is 49.6 Å². The van der Waals surface area contributed by atoms with Crippen LogP contribution in [0.15, 0.2) is 42.6 Å². The SMILES string of the molecule is CCCN(CCc1c[nH]c2ccc(NC(=O)c3cc(OC)cc(OC)c3)cc12)CC1CC1. The maximum Gasteiger partial charge on any atom is 0.255 e. The molecule has 2 aromatic carbocycles. The van der Waals surface area contributed by atoms with Gasteiger partial charge >= 0.3 is 0 Å². The van der Waals surface area contributed by atoms with Crippen LogP contribution in [-0.2, 0) is 6.42 Å². The Morgan fingerprint density at radius 2 is 1.84 bits per heavy atom. The summed E-state index contributed by atoms with van der Waals surface area (Å²) in [5, 5.41) is 4.18. The molecule has 6 nitrogen and oxygen atoms in total. The van der Waals surface area contributed by atoms with Gasteiger partial charge in [0.05, 0.1) is 14.2 Å². The molecule has 3 aromatic rings. The number of hydrogen-bond donors (Lipinski definition) is 2. The molecular weight excluding hydrogens is 402 g/mol. The number of anilines is 1. The van der Waals surface area contributed by atoms with E-state index >= 15 is 0 Å². The Hall–Kier alpha value is -2.99. The number of amides is 1. The van der Waals surface area contributed by atoms with Crippen LogP contribution in [0.4, 0.5) is 5.69 Å². The Balaban J connectivity index is 1.47. The highest BCUT2D eigenvalue weighted by Crippen LogP contribution is 2.30. The summed E-state index contributed by atoms with van der Waals surface area (Å²) < 4.78 is 10.6. The van der Waals surface area contributed by atoms with Crippen molar-refractivity contribution >= 4 is 22.5 Å². The molecule has 170 valence electrons. The van der Waals surface area contributed by atoms with Gasteiger partial charge in [-0.05, 0) is 74.0 Å². The second-order valence-electron chi connectivity index (χ2n) is 8.62. The van der Waals surface area contributed by atoms with E-state index in [-0.39, 0.29) is 5.91 Å². The zero-order chi connectivity index (χ0) is 22.5. The normalized spacial score (nSPS) is 13.5. The Kier molecular flexibility index (Phi) is 7.00. The fraction of sp³-hybridized carbons (Fsp3) is 0.423. The average Bonchev–Trinajstić information content (AvgIpc) is 3.54. The molecule has 1 aliphatic rings. The molecule has 0 bridgehead atoms. The summed E-state index contributed by atoms with van der Waals surface area (Å²) in [6, 6.07) is 11.2. The number of benzene rings is 2. The number of carbonyl (C=O) groups is 1. The van der Waals surface area contributed by atoms with Crippen LogP contribution in [0, 0.1) is 5.92 Å². The zero-order valence-corrected chi connectivity index (χ0v) is 19.2. The molecule has 1 heterocycles. The summed E-state index contributed by atoms with van der Waals surface area (Å²) in [4.78, 5) is 18.8. The zero-order valence-electron chi connectivity index (χ0n) is 19.2. The van der Waals surface area contributed by atoms with Crippen molar-refractivity contribution in [1.29, 1.82) is 0 Å². The van der Waals surface area contributed by atoms with Gasteiger partial charge in [-0.1, -0.05) is 6.92 Å². The standard InChI is InChI=1S/C26H33N3O3/c1-4-10-29(17-18-5-6-18)11-9-19-16-27-25-8-7-21(14-24(19)25)28-26(30)20-12-22(31-2)15-23(13-20)32-3/h7-8,12-16,18,27H,4-6,9-11,17H2,1-3H3,(H,28,30). The number of carbonyl (C=O) groups excluding carboxylic acids is 1. The Morgan fingerprint density at radius 3 is 2.50 bits per heavy atom. The minimum Gasteiger partial charge on any atom is -0.497 e. The fourth-order valence-corrected chi connectivity index (χ4v) is 4.16. The minimum absolute atomic E-state index is 0.197. The molecule has 4 rings (SSSR count). The van der Waals surface area contributed by atoms with Gasteiger partial charge in [-0.25, -0.2) is 0 Å². The van der Waals surface area contributed by atoms with Crippen LogP contribution in [0.25, 0.3) is 10.9 Å². The van der Waals surface area contributed by atoms with Crippen molar-refractivity contribution in [2.24, 2.45) is 5.92 Å². The van der Waals surface area contributed by atoms with Crippen LogP contribution in [0.3, 0.4) is 0 Å². The van der Waals surface area contributed by atoms with E-state index in [0.29, 0.717) is 17.1 Å². The average molecular weight is 436 g/mol. The van der Waals surface area contributed by atoms with Crippen LogP contribution in [0.1, 0.15) is 42.1 Å². The first-order valence-corrected chi connectivity index (χ1v) is 11.5. The van der Waals surface area contributed by atoms with Gasteiger partial charge in [0.25, 0.3) is 5.91 Å². The first-order valence-electron chi connectivity index (χ1n) is 11.5. The lowest BCUT2D eigenvalue weighted by Crippen LogP contribution is -2.29. The van der Waals surface area contributed by atoms with E-state index in [0.717, 1.165) is 42.0 Å². The maximum absolute atomic E-state index is 12.9. The molecule has 0 atom stereocenters. The second-order valence-corrected chi connectivity index (χ2v) is 8.62. The molecule has 2 N–H and O–H groups in total. The first-order chi connectivity index (χ1) is 15.6. The van der Waals surface area contributed by atoms with E-state index in [1.165, 1.54) is 31.4 Å². The van der Waals surface area contributed by atoms with Crippen LogP contribution in [0.5, 0.6) is 11.5 Å². The molecule has 0 radical (unpaired) electrons. The lowest BCUT2D eigenvalue weighted by atomic mass is 10.1.